The number of rotatable bonds is 9. The summed E-state index contributed by atoms with van der Waals surface area (Å²) in [4.78, 5) is 15.0. The number of nitrogens with one attached hydrogen (secondary N) is 2. The Kier molecular flexibility index (Phi) is 13.6. The fourth-order valence-electron chi connectivity index (χ4n) is 1.98. The Morgan fingerprint density at radius 3 is 2.77 bits per heavy atom. The van der Waals surface area contributed by atoms with Gasteiger partial charge in [-0.15, -0.1) is 24.0 Å². The van der Waals surface area contributed by atoms with Crippen LogP contribution in [0.25, 0.3) is 0 Å². The van der Waals surface area contributed by atoms with Gasteiger partial charge in [0.2, 0.25) is 0 Å². The summed E-state index contributed by atoms with van der Waals surface area (Å²) in [5.41, 5.74) is 0. The molecule has 1 aliphatic rings. The van der Waals surface area contributed by atoms with Gasteiger partial charge in [-0.1, -0.05) is 0 Å². The minimum Gasteiger partial charge on any atom is -0.469 e. The average molecular weight is 429 g/mol. The van der Waals surface area contributed by atoms with Crippen LogP contribution in [0.2, 0.25) is 0 Å². The lowest BCUT2D eigenvalue weighted by atomic mass is 10.2. The maximum Gasteiger partial charge on any atom is 0.307 e. The molecule has 130 valence electrons. The number of nitrogens with zero attached hydrogens (tertiary/aromatic N) is 1. The number of methoxy groups -OCH3 is 1. The first-order chi connectivity index (χ1) is 10.3. The van der Waals surface area contributed by atoms with Gasteiger partial charge in [0, 0.05) is 33.4 Å². The van der Waals surface area contributed by atoms with Crippen molar-refractivity contribution in [1.29, 1.82) is 0 Å². The number of esters is 1. The van der Waals surface area contributed by atoms with Crippen LogP contribution in [0.4, 0.5) is 0 Å². The van der Waals surface area contributed by atoms with E-state index in [0.717, 1.165) is 32.4 Å². The molecular formula is C14H28IN3O4. The zero-order valence-corrected chi connectivity index (χ0v) is 15.8. The third-order valence-corrected chi connectivity index (χ3v) is 3.16. The van der Waals surface area contributed by atoms with E-state index >= 15 is 0 Å². The molecule has 0 radical (unpaired) electrons. The molecule has 0 aliphatic carbocycles. The number of hydrogen-bond donors (Lipinski definition) is 2. The first-order valence-electron chi connectivity index (χ1n) is 7.47. The third kappa shape index (κ3) is 10.2. The summed E-state index contributed by atoms with van der Waals surface area (Å²) in [6.07, 6.45) is 3.75. The number of carbonyl (C=O) groups excluding carboxylic acids is 1. The van der Waals surface area contributed by atoms with Crippen LogP contribution in [0, 0.1) is 0 Å². The van der Waals surface area contributed by atoms with Crippen LogP contribution in [0.3, 0.4) is 0 Å². The van der Waals surface area contributed by atoms with Crippen LogP contribution in [0.15, 0.2) is 4.99 Å². The van der Waals surface area contributed by atoms with E-state index in [-0.39, 0.29) is 36.0 Å². The van der Waals surface area contributed by atoms with Crippen molar-refractivity contribution in [2.75, 3.05) is 47.1 Å². The van der Waals surface area contributed by atoms with Crippen molar-refractivity contribution in [2.24, 2.45) is 4.99 Å². The molecule has 0 aromatic heterocycles. The number of aliphatic imine (C=N–C) groups is 1. The second-order valence-corrected chi connectivity index (χ2v) is 4.82. The van der Waals surface area contributed by atoms with Crippen LogP contribution in [-0.4, -0.2) is 65.1 Å². The molecule has 7 nitrogen and oxygen atoms in total. The largest absolute Gasteiger partial charge is 0.469 e. The molecule has 1 unspecified atom stereocenters. The minimum absolute atomic E-state index is 0. The van der Waals surface area contributed by atoms with Gasteiger partial charge in [-0.05, 0) is 19.3 Å². The zero-order valence-electron chi connectivity index (χ0n) is 13.4. The Hall–Kier alpha value is -0.610. The van der Waals surface area contributed by atoms with Crippen molar-refractivity contribution >= 4 is 35.9 Å². The number of ether oxygens (including phenoxy) is 3. The summed E-state index contributed by atoms with van der Waals surface area (Å²) in [6.45, 7) is 3.52. The second kappa shape index (κ2) is 14.0. The van der Waals surface area contributed by atoms with Crippen molar-refractivity contribution in [3.63, 3.8) is 0 Å². The van der Waals surface area contributed by atoms with Gasteiger partial charge in [0.1, 0.15) is 0 Å². The van der Waals surface area contributed by atoms with Gasteiger partial charge < -0.3 is 24.8 Å². The summed E-state index contributed by atoms with van der Waals surface area (Å²) in [7, 11) is 3.08. The van der Waals surface area contributed by atoms with E-state index in [9.17, 15) is 4.79 Å². The van der Waals surface area contributed by atoms with Crippen molar-refractivity contribution < 1.29 is 19.0 Å². The first-order valence-corrected chi connectivity index (χ1v) is 7.47. The summed E-state index contributed by atoms with van der Waals surface area (Å²) in [6, 6.07) is 0. The van der Waals surface area contributed by atoms with Gasteiger partial charge in [0.05, 0.1) is 26.2 Å². The normalized spacial score (nSPS) is 17.7. The van der Waals surface area contributed by atoms with Crippen molar-refractivity contribution in [3.8, 4) is 0 Å². The Morgan fingerprint density at radius 1 is 1.36 bits per heavy atom. The zero-order chi connectivity index (χ0) is 15.3. The van der Waals surface area contributed by atoms with Crippen LogP contribution in [0.1, 0.15) is 25.7 Å². The SMILES string of the molecule is CN=C(NCCCOCC1CCCO1)NCCC(=O)OC.I. The molecule has 0 aromatic rings. The van der Waals surface area contributed by atoms with Gasteiger partial charge >= 0.3 is 5.97 Å². The predicted molar refractivity (Wildman–Crippen MR) is 95.8 cm³/mol. The van der Waals surface area contributed by atoms with Crippen LogP contribution >= 0.6 is 24.0 Å². The minimum atomic E-state index is -0.236. The van der Waals surface area contributed by atoms with Crippen molar-refractivity contribution in [2.45, 2.75) is 31.8 Å². The molecule has 1 aliphatic heterocycles. The highest BCUT2D eigenvalue weighted by Crippen LogP contribution is 2.11. The second-order valence-electron chi connectivity index (χ2n) is 4.82. The standard InChI is InChI=1S/C14H27N3O4.HI/c1-15-14(17-8-6-13(18)19-2)16-7-4-9-20-11-12-5-3-10-21-12;/h12H,3-11H2,1-2H3,(H2,15,16,17);1H. The van der Waals surface area contributed by atoms with Crippen LogP contribution in [0.5, 0.6) is 0 Å². The quantitative estimate of drug-likeness (QED) is 0.187. The number of guanidine groups is 1. The fourth-order valence-corrected chi connectivity index (χ4v) is 1.98. The monoisotopic (exact) mass is 429 g/mol. The Balaban J connectivity index is 0.00000441. The van der Waals surface area contributed by atoms with E-state index in [2.05, 4.69) is 20.4 Å². The fraction of sp³-hybridized carbons (Fsp3) is 0.857. The average Bonchev–Trinajstić information content (AvgIpc) is 3.01. The summed E-state index contributed by atoms with van der Waals surface area (Å²) in [5, 5.41) is 6.21. The van der Waals surface area contributed by atoms with Crippen LogP contribution < -0.4 is 10.6 Å². The van der Waals surface area contributed by atoms with Crippen molar-refractivity contribution in [3.05, 3.63) is 0 Å². The van der Waals surface area contributed by atoms with Gasteiger partial charge in [-0.3, -0.25) is 9.79 Å². The third-order valence-electron chi connectivity index (χ3n) is 3.16. The molecule has 1 rings (SSSR count). The van der Waals surface area contributed by atoms with Crippen molar-refractivity contribution in [1.82, 2.24) is 10.6 Å². The number of carbonyl (C=O) groups is 1. The molecule has 0 saturated carbocycles. The molecule has 0 bridgehead atoms. The van der Waals surface area contributed by atoms with E-state index in [0.29, 0.717) is 32.1 Å². The maximum atomic E-state index is 11.0. The molecule has 8 heteroatoms. The molecule has 0 spiro atoms. The Morgan fingerprint density at radius 2 is 2.14 bits per heavy atom. The topological polar surface area (TPSA) is 81.2 Å². The number of hydrogen-bond acceptors (Lipinski definition) is 5. The van der Waals surface area contributed by atoms with Gasteiger partial charge in [0.25, 0.3) is 0 Å². The molecular weight excluding hydrogens is 401 g/mol. The van der Waals surface area contributed by atoms with Gasteiger partial charge in [-0.2, -0.15) is 0 Å². The summed E-state index contributed by atoms with van der Waals surface area (Å²) >= 11 is 0. The molecule has 1 saturated heterocycles. The van der Waals surface area contributed by atoms with E-state index in [1.54, 1.807) is 7.05 Å². The highest BCUT2D eigenvalue weighted by molar-refractivity contribution is 14.0. The molecule has 1 atom stereocenters. The van der Waals surface area contributed by atoms with E-state index in [4.69, 9.17) is 9.47 Å². The summed E-state index contributed by atoms with van der Waals surface area (Å²) < 4.78 is 15.6. The molecule has 1 fully saturated rings. The molecule has 1 heterocycles. The highest BCUT2D eigenvalue weighted by Gasteiger charge is 2.14. The van der Waals surface area contributed by atoms with E-state index in [1.165, 1.54) is 7.11 Å². The Bertz CT molecular complexity index is 323. The lowest BCUT2D eigenvalue weighted by Gasteiger charge is -2.12. The highest BCUT2D eigenvalue weighted by atomic mass is 127. The Labute approximate surface area is 149 Å². The first kappa shape index (κ1) is 21.4. The molecule has 22 heavy (non-hydrogen) atoms. The number of halogens is 1. The summed E-state index contributed by atoms with van der Waals surface area (Å²) in [5.74, 6) is 0.443. The predicted octanol–water partition coefficient (Wildman–Crippen LogP) is 0.918. The molecule has 0 amide bonds. The van der Waals surface area contributed by atoms with E-state index in [1.807, 2.05) is 0 Å². The van der Waals surface area contributed by atoms with Crippen LogP contribution in [-0.2, 0) is 19.0 Å². The lowest BCUT2D eigenvalue weighted by molar-refractivity contribution is -0.140. The molecule has 2 N–H and O–H groups in total. The smallest absolute Gasteiger partial charge is 0.307 e. The maximum absolute atomic E-state index is 11.0. The molecule has 0 aromatic carbocycles. The van der Waals surface area contributed by atoms with Gasteiger partial charge in [-0.25, -0.2) is 0 Å². The van der Waals surface area contributed by atoms with E-state index < -0.39 is 0 Å². The van der Waals surface area contributed by atoms with Gasteiger partial charge in [0.15, 0.2) is 5.96 Å². The lowest BCUT2D eigenvalue weighted by Crippen LogP contribution is -2.39.